The van der Waals surface area contributed by atoms with Gasteiger partial charge in [0, 0.05) is 10.0 Å². The summed E-state index contributed by atoms with van der Waals surface area (Å²) in [6.45, 7) is 0. The van der Waals surface area contributed by atoms with Crippen LogP contribution in [-0.2, 0) is 0 Å². The molecule has 0 atom stereocenters. The van der Waals surface area contributed by atoms with Crippen LogP contribution in [0.1, 0.15) is 0 Å². The first kappa shape index (κ1) is 13.6. The first-order valence-corrected chi connectivity index (χ1v) is 6.65. The highest BCUT2D eigenvalue weighted by molar-refractivity contribution is 9.10. The topological polar surface area (TPSA) is 79.4 Å². The molecule has 3 aromatic rings. The van der Waals surface area contributed by atoms with E-state index in [0.29, 0.717) is 10.0 Å². The highest BCUT2D eigenvalue weighted by Crippen LogP contribution is 2.32. The lowest BCUT2D eigenvalue weighted by Gasteiger charge is -1.99. The van der Waals surface area contributed by atoms with Crippen molar-refractivity contribution in [3.8, 4) is 34.3 Å². The van der Waals surface area contributed by atoms with Crippen LogP contribution >= 0.6 is 15.9 Å². The molecule has 0 aliphatic carbocycles. The number of aromatic hydroxyl groups is 2. The number of aromatic nitrogens is 2. The Bertz CT molecular complexity index is 799. The molecule has 0 fully saturated rings. The predicted molar refractivity (Wildman–Crippen MR) is 76.2 cm³/mol. The van der Waals surface area contributed by atoms with Crippen LogP contribution < -0.4 is 0 Å². The Morgan fingerprint density at radius 3 is 2.67 bits per heavy atom. The second kappa shape index (κ2) is 5.17. The molecule has 0 amide bonds. The third-order valence-electron chi connectivity index (χ3n) is 2.76. The van der Waals surface area contributed by atoms with Crippen molar-refractivity contribution in [2.45, 2.75) is 0 Å². The van der Waals surface area contributed by atoms with Crippen LogP contribution in [-0.4, -0.2) is 20.4 Å². The molecule has 0 bridgehead atoms. The van der Waals surface area contributed by atoms with Crippen LogP contribution in [0.25, 0.3) is 22.8 Å². The Kier molecular flexibility index (Phi) is 3.34. The van der Waals surface area contributed by atoms with Crippen LogP contribution in [0.15, 0.2) is 45.4 Å². The Morgan fingerprint density at radius 2 is 1.90 bits per heavy atom. The molecule has 106 valence electrons. The summed E-state index contributed by atoms with van der Waals surface area (Å²) < 4.78 is 19.0. The van der Waals surface area contributed by atoms with Gasteiger partial charge in [-0.1, -0.05) is 21.1 Å². The van der Waals surface area contributed by atoms with Crippen molar-refractivity contribution in [1.29, 1.82) is 0 Å². The first-order chi connectivity index (χ1) is 10.0. The zero-order chi connectivity index (χ0) is 15.0. The van der Waals surface area contributed by atoms with Crippen molar-refractivity contribution in [1.82, 2.24) is 10.1 Å². The molecule has 0 aliphatic rings. The van der Waals surface area contributed by atoms with E-state index in [1.165, 1.54) is 30.3 Å². The fourth-order valence-electron chi connectivity index (χ4n) is 1.83. The highest BCUT2D eigenvalue weighted by atomic mass is 79.9. The van der Waals surface area contributed by atoms with Gasteiger partial charge in [-0.2, -0.15) is 4.98 Å². The van der Waals surface area contributed by atoms with Gasteiger partial charge >= 0.3 is 0 Å². The monoisotopic (exact) mass is 350 g/mol. The molecule has 2 aromatic carbocycles. The minimum Gasteiger partial charge on any atom is -0.508 e. The minimum atomic E-state index is -0.439. The van der Waals surface area contributed by atoms with Gasteiger partial charge in [0.25, 0.3) is 5.89 Å². The summed E-state index contributed by atoms with van der Waals surface area (Å²) in [5, 5.41) is 22.9. The maximum atomic E-state index is 13.4. The van der Waals surface area contributed by atoms with E-state index in [4.69, 9.17) is 4.52 Å². The van der Waals surface area contributed by atoms with E-state index in [0.717, 1.165) is 0 Å². The molecule has 0 unspecified atom stereocenters. The van der Waals surface area contributed by atoms with E-state index in [1.807, 2.05) is 0 Å². The van der Waals surface area contributed by atoms with Crippen LogP contribution in [0, 0.1) is 5.82 Å². The summed E-state index contributed by atoms with van der Waals surface area (Å²) in [6, 6.07) is 8.16. The third-order valence-corrected chi connectivity index (χ3v) is 3.22. The van der Waals surface area contributed by atoms with Crippen LogP contribution in [0.3, 0.4) is 0 Å². The minimum absolute atomic E-state index is 0.0267. The lowest BCUT2D eigenvalue weighted by Crippen LogP contribution is -1.84. The average Bonchev–Trinajstić information content (AvgIpc) is 2.90. The summed E-state index contributed by atoms with van der Waals surface area (Å²) in [5.74, 6) is -0.392. The summed E-state index contributed by atoms with van der Waals surface area (Å²) in [5.41, 5.74) is 0.626. The SMILES string of the molecule is Oc1ccc(O)c(-c2nc(-c3cc(F)cc(Br)c3)no2)c1. The Balaban J connectivity index is 2.05. The van der Waals surface area contributed by atoms with Crippen molar-refractivity contribution in [2.75, 3.05) is 0 Å². The smallest absolute Gasteiger partial charge is 0.262 e. The van der Waals surface area contributed by atoms with Gasteiger partial charge in [0.1, 0.15) is 17.3 Å². The normalized spacial score (nSPS) is 10.8. The Morgan fingerprint density at radius 1 is 1.10 bits per heavy atom. The molecule has 0 radical (unpaired) electrons. The van der Waals surface area contributed by atoms with E-state index >= 15 is 0 Å². The number of hydrogen-bond donors (Lipinski definition) is 2. The summed E-state index contributed by atoms with van der Waals surface area (Å²) >= 11 is 3.18. The Hall–Kier alpha value is -2.41. The van der Waals surface area contributed by atoms with Crippen LogP contribution in [0.4, 0.5) is 4.39 Å². The van der Waals surface area contributed by atoms with Gasteiger partial charge in [-0.25, -0.2) is 4.39 Å². The molecule has 1 aromatic heterocycles. The van der Waals surface area contributed by atoms with Crippen LogP contribution in [0.2, 0.25) is 0 Å². The molecule has 21 heavy (non-hydrogen) atoms. The van der Waals surface area contributed by atoms with Gasteiger partial charge < -0.3 is 14.7 Å². The lowest BCUT2D eigenvalue weighted by molar-refractivity contribution is 0.423. The van der Waals surface area contributed by atoms with Gasteiger partial charge in [0.15, 0.2) is 0 Å². The number of hydrogen-bond acceptors (Lipinski definition) is 5. The third kappa shape index (κ3) is 2.73. The quantitative estimate of drug-likeness (QED) is 0.688. The van der Waals surface area contributed by atoms with E-state index in [-0.39, 0.29) is 28.8 Å². The van der Waals surface area contributed by atoms with E-state index in [1.54, 1.807) is 6.07 Å². The molecule has 5 nitrogen and oxygen atoms in total. The summed E-state index contributed by atoms with van der Waals surface area (Å²) in [7, 11) is 0. The summed E-state index contributed by atoms with van der Waals surface area (Å²) in [4.78, 5) is 4.10. The number of rotatable bonds is 2. The molecule has 3 rings (SSSR count). The predicted octanol–water partition coefficient (Wildman–Crippen LogP) is 3.72. The van der Waals surface area contributed by atoms with Crippen LogP contribution in [0.5, 0.6) is 11.5 Å². The largest absolute Gasteiger partial charge is 0.508 e. The van der Waals surface area contributed by atoms with Gasteiger partial charge in [-0.05, 0) is 36.4 Å². The Labute approximate surface area is 126 Å². The number of phenolic OH excluding ortho intramolecular Hbond substituents is 2. The molecule has 7 heteroatoms. The number of phenols is 2. The van der Waals surface area contributed by atoms with Gasteiger partial charge in [0.05, 0.1) is 5.56 Å². The van der Waals surface area contributed by atoms with Crippen molar-refractivity contribution in [3.63, 3.8) is 0 Å². The fourth-order valence-corrected chi connectivity index (χ4v) is 2.29. The summed E-state index contributed by atoms with van der Waals surface area (Å²) in [6.07, 6.45) is 0. The standard InChI is InChI=1S/C14H8BrFN2O3/c15-8-3-7(4-9(16)5-8)13-17-14(21-18-13)11-6-10(19)1-2-12(11)20/h1-6,19-20H. The lowest BCUT2D eigenvalue weighted by atomic mass is 10.2. The molecule has 0 aliphatic heterocycles. The van der Waals surface area contributed by atoms with Gasteiger partial charge in [-0.15, -0.1) is 0 Å². The maximum Gasteiger partial charge on any atom is 0.262 e. The maximum absolute atomic E-state index is 13.4. The molecular weight excluding hydrogens is 343 g/mol. The highest BCUT2D eigenvalue weighted by Gasteiger charge is 2.15. The molecule has 0 saturated heterocycles. The van der Waals surface area contributed by atoms with Crippen molar-refractivity contribution < 1.29 is 19.1 Å². The fraction of sp³-hybridized carbons (Fsp3) is 0. The van der Waals surface area contributed by atoms with Crippen molar-refractivity contribution in [2.24, 2.45) is 0 Å². The van der Waals surface area contributed by atoms with Crippen molar-refractivity contribution >= 4 is 15.9 Å². The van der Waals surface area contributed by atoms with Gasteiger partial charge in [0.2, 0.25) is 5.82 Å². The zero-order valence-electron chi connectivity index (χ0n) is 10.4. The van der Waals surface area contributed by atoms with Crippen molar-refractivity contribution in [3.05, 3.63) is 46.7 Å². The molecule has 0 saturated carbocycles. The van der Waals surface area contributed by atoms with E-state index in [2.05, 4.69) is 26.1 Å². The van der Waals surface area contributed by atoms with E-state index in [9.17, 15) is 14.6 Å². The molecule has 1 heterocycles. The second-order valence-corrected chi connectivity index (χ2v) is 5.20. The average molecular weight is 351 g/mol. The second-order valence-electron chi connectivity index (χ2n) is 4.28. The number of nitrogens with zero attached hydrogens (tertiary/aromatic N) is 2. The van der Waals surface area contributed by atoms with E-state index < -0.39 is 5.82 Å². The number of halogens is 2. The van der Waals surface area contributed by atoms with Gasteiger partial charge in [-0.3, -0.25) is 0 Å². The zero-order valence-corrected chi connectivity index (χ0v) is 12.0. The molecule has 0 spiro atoms. The molecular formula is C14H8BrFN2O3. The number of benzene rings is 2. The first-order valence-electron chi connectivity index (χ1n) is 5.85. The molecule has 2 N–H and O–H groups in total.